The molecule has 0 aliphatic carbocycles. The van der Waals surface area contributed by atoms with Crippen molar-refractivity contribution in [2.24, 2.45) is 0 Å². The molecular formula is C13H17BrCl2N2O. The van der Waals surface area contributed by atoms with E-state index in [1.165, 1.54) is 0 Å². The van der Waals surface area contributed by atoms with Crippen LogP contribution in [0.4, 0.5) is 0 Å². The Balaban J connectivity index is 0.00000180. The van der Waals surface area contributed by atoms with E-state index in [4.69, 9.17) is 11.6 Å². The Bertz CT molecular complexity index is 450. The number of nitrogens with zero attached hydrogens (tertiary/aromatic N) is 1. The lowest BCUT2D eigenvalue weighted by Crippen LogP contribution is -2.44. The van der Waals surface area contributed by atoms with E-state index in [0.717, 1.165) is 30.4 Å². The maximum absolute atomic E-state index is 12.4. The zero-order chi connectivity index (χ0) is 13.1. The van der Waals surface area contributed by atoms with Gasteiger partial charge in [0.05, 0.1) is 5.56 Å². The fourth-order valence-corrected chi connectivity index (χ4v) is 3.07. The van der Waals surface area contributed by atoms with Gasteiger partial charge in [-0.1, -0.05) is 11.6 Å². The largest absolute Gasteiger partial charge is 0.339 e. The minimum atomic E-state index is 0. The Labute approximate surface area is 133 Å². The normalized spacial score (nSPS) is 15.7. The number of piperidine rings is 1. The Morgan fingerprint density at radius 3 is 2.63 bits per heavy atom. The Hall–Kier alpha value is -0.290. The minimum Gasteiger partial charge on any atom is -0.339 e. The van der Waals surface area contributed by atoms with Gasteiger partial charge in [0, 0.05) is 22.6 Å². The molecule has 0 bridgehead atoms. The number of carbonyl (C=O) groups is 1. The summed E-state index contributed by atoms with van der Waals surface area (Å²) < 4.78 is 0.751. The topological polar surface area (TPSA) is 32.3 Å². The molecule has 1 N–H and O–H groups in total. The van der Waals surface area contributed by atoms with E-state index in [9.17, 15) is 4.79 Å². The molecule has 1 fully saturated rings. The van der Waals surface area contributed by atoms with Gasteiger partial charge < -0.3 is 10.2 Å². The molecule has 3 nitrogen and oxygen atoms in total. The van der Waals surface area contributed by atoms with Gasteiger partial charge >= 0.3 is 0 Å². The highest BCUT2D eigenvalue weighted by Crippen LogP contribution is 2.24. The monoisotopic (exact) mass is 366 g/mol. The van der Waals surface area contributed by atoms with Crippen molar-refractivity contribution in [3.05, 3.63) is 33.3 Å². The van der Waals surface area contributed by atoms with Gasteiger partial charge in [-0.25, -0.2) is 0 Å². The summed E-state index contributed by atoms with van der Waals surface area (Å²) in [6.45, 7) is 1.95. The first-order chi connectivity index (χ1) is 8.59. The molecule has 19 heavy (non-hydrogen) atoms. The zero-order valence-corrected chi connectivity index (χ0v) is 13.8. The van der Waals surface area contributed by atoms with Crippen LogP contribution in [0.1, 0.15) is 23.2 Å². The summed E-state index contributed by atoms with van der Waals surface area (Å²) in [5.74, 6) is 0.0467. The molecule has 1 aromatic carbocycles. The highest BCUT2D eigenvalue weighted by atomic mass is 79.9. The van der Waals surface area contributed by atoms with E-state index in [2.05, 4.69) is 21.2 Å². The van der Waals surface area contributed by atoms with E-state index in [1.54, 1.807) is 18.2 Å². The average Bonchev–Trinajstić information content (AvgIpc) is 2.38. The molecule has 106 valence electrons. The lowest BCUT2D eigenvalue weighted by Gasteiger charge is -2.32. The predicted molar refractivity (Wildman–Crippen MR) is 84.4 cm³/mol. The number of hydrogen-bond acceptors (Lipinski definition) is 2. The van der Waals surface area contributed by atoms with Crippen LogP contribution in [0.5, 0.6) is 0 Å². The van der Waals surface area contributed by atoms with Gasteiger partial charge in [-0.15, -0.1) is 12.4 Å². The number of nitrogens with one attached hydrogen (secondary N) is 1. The van der Waals surface area contributed by atoms with Gasteiger partial charge in [0.25, 0.3) is 5.91 Å². The molecule has 0 atom stereocenters. The second-order valence-electron chi connectivity index (χ2n) is 4.52. The number of rotatable bonds is 2. The average molecular weight is 368 g/mol. The highest BCUT2D eigenvalue weighted by molar-refractivity contribution is 9.10. The summed E-state index contributed by atoms with van der Waals surface area (Å²) in [4.78, 5) is 14.3. The van der Waals surface area contributed by atoms with Crippen molar-refractivity contribution in [3.8, 4) is 0 Å². The van der Waals surface area contributed by atoms with Gasteiger partial charge in [-0.3, -0.25) is 4.79 Å². The lowest BCUT2D eigenvalue weighted by atomic mass is 10.0. The van der Waals surface area contributed by atoms with Crippen LogP contribution in [-0.4, -0.2) is 37.0 Å². The molecule has 2 rings (SSSR count). The first-order valence-electron chi connectivity index (χ1n) is 6.02. The Morgan fingerprint density at radius 2 is 2.05 bits per heavy atom. The summed E-state index contributed by atoms with van der Waals surface area (Å²) in [7, 11) is 1.87. The van der Waals surface area contributed by atoms with Gasteiger partial charge in [0.15, 0.2) is 0 Å². The van der Waals surface area contributed by atoms with Gasteiger partial charge in [0.2, 0.25) is 0 Å². The van der Waals surface area contributed by atoms with Crippen molar-refractivity contribution in [1.29, 1.82) is 0 Å². The molecule has 1 aliphatic heterocycles. The molecule has 0 unspecified atom stereocenters. The minimum absolute atomic E-state index is 0. The summed E-state index contributed by atoms with van der Waals surface area (Å²) >= 11 is 9.28. The SMILES string of the molecule is CN(C(=O)c1ccc(Cl)cc1Br)C1CCNCC1.Cl. The summed E-state index contributed by atoms with van der Waals surface area (Å²) in [5.41, 5.74) is 0.667. The predicted octanol–water partition coefficient (Wildman–Crippen LogP) is 3.35. The zero-order valence-electron chi connectivity index (χ0n) is 10.7. The highest BCUT2D eigenvalue weighted by Gasteiger charge is 2.23. The fourth-order valence-electron chi connectivity index (χ4n) is 2.21. The van der Waals surface area contributed by atoms with Crippen LogP contribution in [0.25, 0.3) is 0 Å². The number of carbonyl (C=O) groups excluding carboxylic acids is 1. The Morgan fingerprint density at radius 1 is 1.42 bits per heavy atom. The number of benzene rings is 1. The third kappa shape index (κ3) is 4.09. The molecule has 1 amide bonds. The summed E-state index contributed by atoms with van der Waals surface area (Å²) in [5, 5.41) is 3.93. The quantitative estimate of drug-likeness (QED) is 0.869. The number of amides is 1. The molecule has 0 aromatic heterocycles. The third-order valence-electron chi connectivity index (χ3n) is 3.34. The first kappa shape index (κ1) is 16.8. The van der Waals surface area contributed by atoms with Crippen LogP contribution >= 0.6 is 39.9 Å². The van der Waals surface area contributed by atoms with Crippen molar-refractivity contribution in [2.45, 2.75) is 18.9 Å². The van der Waals surface area contributed by atoms with Crippen LogP contribution in [0.15, 0.2) is 22.7 Å². The van der Waals surface area contributed by atoms with Crippen LogP contribution in [-0.2, 0) is 0 Å². The second-order valence-corrected chi connectivity index (χ2v) is 5.81. The van der Waals surface area contributed by atoms with Crippen LogP contribution in [0.2, 0.25) is 5.02 Å². The number of hydrogen-bond donors (Lipinski definition) is 1. The standard InChI is InChI=1S/C13H16BrClN2O.ClH/c1-17(10-4-6-16-7-5-10)13(18)11-3-2-9(15)8-12(11)14;/h2-3,8,10,16H,4-7H2,1H3;1H. The molecule has 0 saturated carbocycles. The maximum Gasteiger partial charge on any atom is 0.254 e. The van der Waals surface area contributed by atoms with Crippen molar-refractivity contribution >= 4 is 45.8 Å². The van der Waals surface area contributed by atoms with Crippen molar-refractivity contribution in [2.75, 3.05) is 20.1 Å². The van der Waals surface area contributed by atoms with Gasteiger partial charge in [0.1, 0.15) is 0 Å². The fraction of sp³-hybridized carbons (Fsp3) is 0.462. The van der Waals surface area contributed by atoms with E-state index in [1.807, 2.05) is 11.9 Å². The summed E-state index contributed by atoms with van der Waals surface area (Å²) in [6, 6.07) is 5.59. The third-order valence-corrected chi connectivity index (χ3v) is 4.23. The van der Waals surface area contributed by atoms with Crippen molar-refractivity contribution in [3.63, 3.8) is 0 Å². The Kier molecular flexibility index (Phi) is 6.60. The van der Waals surface area contributed by atoms with Crippen LogP contribution < -0.4 is 5.32 Å². The van der Waals surface area contributed by atoms with Crippen molar-refractivity contribution < 1.29 is 4.79 Å². The van der Waals surface area contributed by atoms with E-state index >= 15 is 0 Å². The molecule has 1 aromatic rings. The van der Waals surface area contributed by atoms with Gasteiger partial charge in [-0.05, 0) is 60.1 Å². The smallest absolute Gasteiger partial charge is 0.254 e. The van der Waals surface area contributed by atoms with E-state index in [-0.39, 0.29) is 18.3 Å². The molecule has 1 aliphatic rings. The molecule has 0 radical (unpaired) electrons. The van der Waals surface area contributed by atoms with Crippen molar-refractivity contribution in [1.82, 2.24) is 10.2 Å². The van der Waals surface area contributed by atoms with E-state index < -0.39 is 0 Å². The molecule has 6 heteroatoms. The van der Waals surface area contributed by atoms with Crippen LogP contribution in [0.3, 0.4) is 0 Å². The molecule has 1 saturated heterocycles. The lowest BCUT2D eigenvalue weighted by molar-refractivity contribution is 0.0702. The summed E-state index contributed by atoms with van der Waals surface area (Å²) in [6.07, 6.45) is 2.01. The molecule has 1 heterocycles. The number of halogens is 3. The second kappa shape index (κ2) is 7.48. The van der Waals surface area contributed by atoms with E-state index in [0.29, 0.717) is 16.6 Å². The first-order valence-corrected chi connectivity index (χ1v) is 7.19. The van der Waals surface area contributed by atoms with Gasteiger partial charge in [-0.2, -0.15) is 0 Å². The molecular weight excluding hydrogens is 351 g/mol. The van der Waals surface area contributed by atoms with Crippen LogP contribution in [0, 0.1) is 0 Å². The maximum atomic E-state index is 12.4. The molecule has 0 spiro atoms.